The number of rotatable bonds is 0. The Bertz CT molecular complexity index is 684. The highest BCUT2D eigenvalue weighted by Crippen LogP contribution is 2.07. The van der Waals surface area contributed by atoms with E-state index in [0.29, 0.717) is 6.61 Å². The number of cyclic esters (lactones) is 1. The molecule has 8 heterocycles. The molecule has 8 saturated heterocycles. The van der Waals surface area contributed by atoms with E-state index >= 15 is 0 Å². The van der Waals surface area contributed by atoms with Gasteiger partial charge in [0.1, 0.15) is 6.61 Å². The minimum Gasteiger partial charge on any atom is -0.448 e. The molecule has 0 N–H and O–H groups in total. The molecule has 10 heteroatoms. The van der Waals surface area contributed by atoms with Crippen LogP contribution in [0.25, 0.3) is 0 Å². The van der Waals surface area contributed by atoms with Crippen molar-refractivity contribution in [3.05, 3.63) is 0 Å². The van der Waals surface area contributed by atoms with E-state index in [9.17, 15) is 4.79 Å². The molecule has 0 atom stereocenters. The van der Waals surface area contributed by atoms with Crippen molar-refractivity contribution in [1.82, 2.24) is 39.2 Å². The molecule has 0 spiro atoms. The molecule has 8 aliphatic heterocycles. The third-order valence-corrected chi connectivity index (χ3v) is 11.3. The highest BCUT2D eigenvalue weighted by Gasteiger charge is 2.15. The second-order valence-corrected chi connectivity index (χ2v) is 17.0. The van der Waals surface area contributed by atoms with Gasteiger partial charge in [-0.1, -0.05) is 25.7 Å². The van der Waals surface area contributed by atoms with Gasteiger partial charge in [0.05, 0.1) is 6.54 Å². The zero-order valence-corrected chi connectivity index (χ0v) is 36.9. The monoisotopic (exact) mass is 753 g/mol. The normalized spacial score (nSPS) is 24.7. The van der Waals surface area contributed by atoms with Gasteiger partial charge in [-0.25, -0.2) is 4.79 Å². The van der Waals surface area contributed by atoms with Gasteiger partial charge in [0.25, 0.3) is 0 Å². The highest BCUT2D eigenvalue weighted by molar-refractivity contribution is 5.68. The van der Waals surface area contributed by atoms with E-state index in [0.717, 1.165) is 6.54 Å². The molecule has 0 aromatic carbocycles. The molecule has 316 valence electrons. The van der Waals surface area contributed by atoms with Gasteiger partial charge >= 0.3 is 6.09 Å². The van der Waals surface area contributed by atoms with Crippen LogP contribution in [-0.4, -0.2) is 206 Å². The van der Waals surface area contributed by atoms with E-state index < -0.39 is 0 Å². The number of ether oxygens (including phenoxy) is 1. The van der Waals surface area contributed by atoms with Crippen LogP contribution in [0.5, 0.6) is 0 Å². The van der Waals surface area contributed by atoms with Gasteiger partial charge in [0.15, 0.2) is 0 Å². The van der Waals surface area contributed by atoms with Gasteiger partial charge in [0, 0.05) is 7.05 Å². The van der Waals surface area contributed by atoms with Gasteiger partial charge < -0.3 is 43.9 Å². The van der Waals surface area contributed by atoms with Crippen LogP contribution in [0.1, 0.15) is 116 Å². The Morgan fingerprint density at radius 1 is 0.283 bits per heavy atom. The van der Waals surface area contributed by atoms with Crippen LogP contribution in [0.15, 0.2) is 0 Å². The zero-order chi connectivity index (χ0) is 38.9. The molecule has 1 amide bonds. The summed E-state index contributed by atoms with van der Waals surface area (Å²) in [7, 11) is 17.0. The Balaban J connectivity index is 0.000000303. The number of carbonyl (C=O) groups excluding carboxylic acids is 1. The van der Waals surface area contributed by atoms with E-state index in [1.54, 1.807) is 11.9 Å². The number of carbonyl (C=O) groups is 1. The molecular formula is C43H92N8O2. The summed E-state index contributed by atoms with van der Waals surface area (Å²) in [5.74, 6) is 0. The molecule has 0 aromatic heterocycles. The fourth-order valence-corrected chi connectivity index (χ4v) is 7.31. The number of hydrogen-bond donors (Lipinski definition) is 0. The predicted molar refractivity (Wildman–Crippen MR) is 230 cm³/mol. The molecule has 0 bridgehead atoms. The fourth-order valence-electron chi connectivity index (χ4n) is 7.31. The molecule has 0 unspecified atom stereocenters. The number of likely N-dealkylation sites (N-methyl/N-ethyl adjacent to an activating group) is 1. The van der Waals surface area contributed by atoms with E-state index in [2.05, 4.69) is 88.4 Å². The molecule has 8 rings (SSSR count). The lowest BCUT2D eigenvalue weighted by Gasteiger charge is -2.20. The van der Waals surface area contributed by atoms with Crippen molar-refractivity contribution in [2.75, 3.05) is 161 Å². The average molecular weight is 753 g/mol. The van der Waals surface area contributed by atoms with Crippen LogP contribution < -0.4 is 0 Å². The number of piperidine rings is 4. The van der Waals surface area contributed by atoms with Crippen molar-refractivity contribution in [2.45, 2.75) is 116 Å². The largest absolute Gasteiger partial charge is 0.448 e. The maximum absolute atomic E-state index is 10.3. The molecule has 53 heavy (non-hydrogen) atoms. The first-order valence-corrected chi connectivity index (χ1v) is 22.2. The molecule has 0 aromatic rings. The molecule has 0 aliphatic carbocycles. The summed E-state index contributed by atoms with van der Waals surface area (Å²) in [6.45, 7) is 19.8. The minimum absolute atomic E-state index is 0.208. The van der Waals surface area contributed by atoms with Gasteiger partial charge in [0.2, 0.25) is 0 Å². The lowest BCUT2D eigenvalue weighted by atomic mass is 10.1. The van der Waals surface area contributed by atoms with Crippen molar-refractivity contribution in [3.63, 3.8) is 0 Å². The highest BCUT2D eigenvalue weighted by atomic mass is 16.6. The van der Waals surface area contributed by atoms with E-state index in [4.69, 9.17) is 0 Å². The number of likely N-dealkylation sites (tertiary alicyclic amines) is 7. The Morgan fingerprint density at radius 2 is 0.453 bits per heavy atom. The SMILES string of the molecule is CN1CCCC1.CN1CCCC1.CN1CCCC1.CN1CCCCC1.CN1CCCCC1.CN1CCCCC1.CN1CCCCC1.CN1CCOC1=O. The Morgan fingerprint density at radius 3 is 0.509 bits per heavy atom. The number of hydrogen-bond acceptors (Lipinski definition) is 9. The minimum atomic E-state index is -0.208. The molecular weight excluding hydrogens is 661 g/mol. The van der Waals surface area contributed by atoms with E-state index in [1.165, 1.54) is 207 Å². The lowest BCUT2D eigenvalue weighted by molar-refractivity contribution is 0.163. The van der Waals surface area contributed by atoms with E-state index in [-0.39, 0.29) is 6.09 Å². The summed E-state index contributed by atoms with van der Waals surface area (Å²) < 4.78 is 4.55. The van der Waals surface area contributed by atoms with Crippen LogP contribution in [0.3, 0.4) is 0 Å². The number of amides is 1. The zero-order valence-electron chi connectivity index (χ0n) is 36.9. The summed E-state index contributed by atoms with van der Waals surface area (Å²) in [5.41, 5.74) is 0. The van der Waals surface area contributed by atoms with Crippen LogP contribution >= 0.6 is 0 Å². The summed E-state index contributed by atoms with van der Waals surface area (Å²) in [4.78, 5) is 28.5. The molecule has 0 saturated carbocycles. The predicted octanol–water partition coefficient (Wildman–Crippen LogP) is 6.61. The van der Waals surface area contributed by atoms with Crippen LogP contribution in [0.4, 0.5) is 4.79 Å². The summed E-state index contributed by atoms with van der Waals surface area (Å²) >= 11 is 0. The third-order valence-electron chi connectivity index (χ3n) is 11.3. The van der Waals surface area contributed by atoms with Crippen molar-refractivity contribution >= 4 is 6.09 Å². The smallest absolute Gasteiger partial charge is 0.409 e. The average Bonchev–Trinajstić information content (AvgIpc) is 4.01. The van der Waals surface area contributed by atoms with E-state index in [1.807, 2.05) is 0 Å². The van der Waals surface area contributed by atoms with Crippen LogP contribution in [0.2, 0.25) is 0 Å². The van der Waals surface area contributed by atoms with Gasteiger partial charge in [-0.3, -0.25) is 0 Å². The first kappa shape index (κ1) is 50.0. The topological polar surface area (TPSA) is 52.2 Å². The summed E-state index contributed by atoms with van der Waals surface area (Å²) in [5, 5.41) is 0. The van der Waals surface area contributed by atoms with Crippen LogP contribution in [-0.2, 0) is 4.74 Å². The molecule has 0 radical (unpaired) electrons. The fraction of sp³-hybridized carbons (Fsp3) is 0.977. The Hall–Kier alpha value is -1.01. The van der Waals surface area contributed by atoms with Crippen molar-refractivity contribution in [3.8, 4) is 0 Å². The molecule has 8 fully saturated rings. The standard InChI is InChI=1S/4C6H13N.3C5H11N.C4H7NO2/c4*1-7-5-3-2-4-6-7;3*1-6-4-2-3-5-6;1-5-2-3-7-4(5)6/h4*2-6H2,1H3;3*2-5H2,1H3;2-3H2,1H3. The summed E-state index contributed by atoms with van der Waals surface area (Å²) in [6, 6.07) is 0. The lowest BCUT2D eigenvalue weighted by Crippen LogP contribution is -2.24. The van der Waals surface area contributed by atoms with Crippen molar-refractivity contribution < 1.29 is 9.53 Å². The second kappa shape index (κ2) is 34.3. The van der Waals surface area contributed by atoms with Gasteiger partial charge in [-0.05, 0) is 231 Å². The first-order chi connectivity index (χ1) is 25.6. The van der Waals surface area contributed by atoms with Crippen molar-refractivity contribution in [2.24, 2.45) is 0 Å². The third kappa shape index (κ3) is 31.8. The maximum Gasteiger partial charge on any atom is 0.409 e. The molecule has 8 aliphatic rings. The quantitative estimate of drug-likeness (QED) is 0.272. The first-order valence-electron chi connectivity index (χ1n) is 22.2. The Labute approximate surface area is 330 Å². The van der Waals surface area contributed by atoms with Gasteiger partial charge in [-0.15, -0.1) is 0 Å². The summed E-state index contributed by atoms with van der Waals surface area (Å²) in [6.07, 6.45) is 25.4. The van der Waals surface area contributed by atoms with Gasteiger partial charge in [-0.2, -0.15) is 0 Å². The van der Waals surface area contributed by atoms with Crippen LogP contribution in [0, 0.1) is 0 Å². The number of nitrogens with zero attached hydrogens (tertiary/aromatic N) is 8. The van der Waals surface area contributed by atoms with Crippen molar-refractivity contribution in [1.29, 1.82) is 0 Å². The maximum atomic E-state index is 10.3. The second-order valence-electron chi connectivity index (χ2n) is 17.0. The molecule has 10 nitrogen and oxygen atoms in total. The Kier molecular flexibility index (Phi) is 32.3.